The van der Waals surface area contributed by atoms with Crippen molar-refractivity contribution in [1.29, 1.82) is 0 Å². The summed E-state index contributed by atoms with van der Waals surface area (Å²) in [7, 11) is 1.60. The quantitative estimate of drug-likeness (QED) is 0.612. The molecule has 0 saturated carbocycles. The Morgan fingerprint density at radius 2 is 1.90 bits per heavy atom. The number of hydrogen-bond acceptors (Lipinski definition) is 4. The highest BCUT2D eigenvalue weighted by molar-refractivity contribution is 9.10. The number of nitro benzene ring substituents is 1. The molecule has 0 radical (unpaired) electrons. The van der Waals surface area contributed by atoms with E-state index in [2.05, 4.69) is 15.9 Å². The molecule has 0 saturated heterocycles. The SMILES string of the molecule is COc1ccc(OCc2ccc([N+](=O)[O-])cc2)c(Br)c1. The van der Waals surface area contributed by atoms with Crippen molar-refractivity contribution in [3.8, 4) is 11.5 Å². The van der Waals surface area contributed by atoms with E-state index in [1.807, 2.05) is 6.07 Å². The van der Waals surface area contributed by atoms with Gasteiger partial charge in [0.1, 0.15) is 18.1 Å². The largest absolute Gasteiger partial charge is 0.497 e. The third kappa shape index (κ3) is 3.48. The zero-order chi connectivity index (χ0) is 14.5. The first-order chi connectivity index (χ1) is 9.60. The number of hydrogen-bond donors (Lipinski definition) is 0. The van der Waals surface area contributed by atoms with Crippen molar-refractivity contribution < 1.29 is 14.4 Å². The summed E-state index contributed by atoms with van der Waals surface area (Å²) in [6, 6.07) is 11.7. The highest BCUT2D eigenvalue weighted by Crippen LogP contribution is 2.29. The van der Waals surface area contributed by atoms with Crippen molar-refractivity contribution in [3.63, 3.8) is 0 Å². The number of methoxy groups -OCH3 is 1. The minimum Gasteiger partial charge on any atom is -0.497 e. The number of halogens is 1. The zero-order valence-corrected chi connectivity index (χ0v) is 12.3. The Bertz CT molecular complexity index is 613. The first kappa shape index (κ1) is 14.3. The van der Waals surface area contributed by atoms with Gasteiger partial charge in [0.05, 0.1) is 16.5 Å². The second kappa shape index (κ2) is 6.38. The van der Waals surface area contributed by atoms with Crippen molar-refractivity contribution in [2.75, 3.05) is 7.11 Å². The molecule has 0 unspecified atom stereocenters. The van der Waals surface area contributed by atoms with E-state index in [1.54, 1.807) is 31.4 Å². The number of rotatable bonds is 5. The summed E-state index contributed by atoms with van der Waals surface area (Å²) in [5, 5.41) is 10.6. The molecule has 0 amide bonds. The van der Waals surface area contributed by atoms with E-state index >= 15 is 0 Å². The van der Waals surface area contributed by atoms with E-state index in [0.29, 0.717) is 12.4 Å². The number of ether oxygens (including phenoxy) is 2. The van der Waals surface area contributed by atoms with Crippen molar-refractivity contribution >= 4 is 21.6 Å². The van der Waals surface area contributed by atoms with Crippen LogP contribution in [-0.4, -0.2) is 12.0 Å². The first-order valence-electron chi connectivity index (χ1n) is 5.80. The summed E-state index contributed by atoms with van der Waals surface area (Å²) < 4.78 is 11.5. The van der Waals surface area contributed by atoms with E-state index in [4.69, 9.17) is 9.47 Å². The van der Waals surface area contributed by atoms with Crippen LogP contribution in [0.15, 0.2) is 46.9 Å². The van der Waals surface area contributed by atoms with Crippen molar-refractivity contribution in [2.24, 2.45) is 0 Å². The third-order valence-corrected chi connectivity index (χ3v) is 3.30. The maximum absolute atomic E-state index is 10.6. The minimum atomic E-state index is -0.426. The monoisotopic (exact) mass is 337 g/mol. The van der Waals surface area contributed by atoms with E-state index < -0.39 is 4.92 Å². The van der Waals surface area contributed by atoms with E-state index in [1.165, 1.54) is 12.1 Å². The van der Waals surface area contributed by atoms with Gasteiger partial charge in [-0.1, -0.05) is 0 Å². The molecule has 20 heavy (non-hydrogen) atoms. The van der Waals surface area contributed by atoms with Gasteiger partial charge < -0.3 is 9.47 Å². The van der Waals surface area contributed by atoms with E-state index in [9.17, 15) is 10.1 Å². The molecule has 0 N–H and O–H groups in total. The summed E-state index contributed by atoms with van der Waals surface area (Å²) in [4.78, 5) is 10.1. The van der Waals surface area contributed by atoms with Gasteiger partial charge in [0, 0.05) is 12.1 Å². The molecular weight excluding hydrogens is 326 g/mol. The van der Waals surface area contributed by atoms with E-state index in [0.717, 1.165) is 15.8 Å². The average molecular weight is 338 g/mol. The molecule has 2 aromatic rings. The van der Waals surface area contributed by atoms with Crippen LogP contribution in [0.3, 0.4) is 0 Å². The molecule has 5 nitrogen and oxygen atoms in total. The molecule has 0 heterocycles. The van der Waals surface area contributed by atoms with Gasteiger partial charge in [-0.25, -0.2) is 0 Å². The van der Waals surface area contributed by atoms with Crippen molar-refractivity contribution in [1.82, 2.24) is 0 Å². The number of nitrogens with zero attached hydrogens (tertiary/aromatic N) is 1. The molecule has 6 heteroatoms. The van der Waals surface area contributed by atoms with Crippen LogP contribution >= 0.6 is 15.9 Å². The third-order valence-electron chi connectivity index (χ3n) is 2.68. The number of nitro groups is 1. The summed E-state index contributed by atoms with van der Waals surface area (Å²) in [6.45, 7) is 0.336. The first-order valence-corrected chi connectivity index (χ1v) is 6.59. The highest BCUT2D eigenvalue weighted by Gasteiger charge is 2.06. The van der Waals surface area contributed by atoms with Gasteiger partial charge in [0.15, 0.2) is 0 Å². The average Bonchev–Trinajstić information content (AvgIpc) is 2.46. The van der Waals surface area contributed by atoms with Gasteiger partial charge in [-0.05, 0) is 51.8 Å². The molecule has 0 bridgehead atoms. The molecule has 0 aliphatic carbocycles. The Balaban J connectivity index is 2.03. The van der Waals surface area contributed by atoms with Gasteiger partial charge in [-0.15, -0.1) is 0 Å². The molecule has 104 valence electrons. The Hall–Kier alpha value is -2.08. The standard InChI is InChI=1S/C14H12BrNO4/c1-19-12-6-7-14(13(15)8-12)20-9-10-2-4-11(5-3-10)16(17)18/h2-8H,9H2,1H3. The van der Waals surface area contributed by atoms with Gasteiger partial charge in [-0.2, -0.15) is 0 Å². The van der Waals surface area contributed by atoms with Crippen LogP contribution in [-0.2, 0) is 6.61 Å². The van der Waals surface area contributed by atoms with Crippen LogP contribution in [0.5, 0.6) is 11.5 Å². The second-order valence-corrected chi connectivity index (χ2v) is 4.86. The van der Waals surface area contributed by atoms with Crippen LogP contribution in [0.25, 0.3) is 0 Å². The Morgan fingerprint density at radius 1 is 1.20 bits per heavy atom. The molecule has 2 rings (SSSR count). The highest BCUT2D eigenvalue weighted by atomic mass is 79.9. The number of benzene rings is 2. The lowest BCUT2D eigenvalue weighted by atomic mass is 10.2. The zero-order valence-electron chi connectivity index (χ0n) is 10.7. The van der Waals surface area contributed by atoms with Gasteiger partial charge in [0.25, 0.3) is 5.69 Å². The maximum atomic E-state index is 10.6. The molecule has 0 fully saturated rings. The van der Waals surface area contributed by atoms with Crippen LogP contribution in [0.4, 0.5) is 5.69 Å². The molecular formula is C14H12BrNO4. The number of non-ortho nitro benzene ring substituents is 1. The molecule has 2 aromatic carbocycles. The Kier molecular flexibility index (Phi) is 4.57. The lowest BCUT2D eigenvalue weighted by Crippen LogP contribution is -1.97. The van der Waals surface area contributed by atoms with Crippen LogP contribution in [0.1, 0.15) is 5.56 Å². The maximum Gasteiger partial charge on any atom is 0.269 e. The molecule has 0 aliphatic heterocycles. The fourth-order valence-corrected chi connectivity index (χ4v) is 2.07. The Morgan fingerprint density at radius 3 is 2.45 bits per heavy atom. The fourth-order valence-electron chi connectivity index (χ4n) is 1.60. The second-order valence-electron chi connectivity index (χ2n) is 4.01. The topological polar surface area (TPSA) is 61.6 Å². The lowest BCUT2D eigenvalue weighted by molar-refractivity contribution is -0.384. The summed E-state index contributed by atoms with van der Waals surface area (Å²) in [5.41, 5.74) is 0.928. The van der Waals surface area contributed by atoms with Crippen LogP contribution < -0.4 is 9.47 Å². The summed E-state index contributed by atoms with van der Waals surface area (Å²) >= 11 is 3.40. The Labute approximate surface area is 124 Å². The lowest BCUT2D eigenvalue weighted by Gasteiger charge is -2.09. The minimum absolute atomic E-state index is 0.0689. The molecule has 0 aliphatic rings. The van der Waals surface area contributed by atoms with Crippen molar-refractivity contribution in [3.05, 3.63) is 62.6 Å². The van der Waals surface area contributed by atoms with Gasteiger partial charge in [0.2, 0.25) is 0 Å². The van der Waals surface area contributed by atoms with Crippen LogP contribution in [0, 0.1) is 10.1 Å². The molecule has 0 aromatic heterocycles. The molecule has 0 atom stereocenters. The fraction of sp³-hybridized carbons (Fsp3) is 0.143. The normalized spacial score (nSPS) is 10.1. The van der Waals surface area contributed by atoms with E-state index in [-0.39, 0.29) is 5.69 Å². The van der Waals surface area contributed by atoms with Gasteiger partial charge >= 0.3 is 0 Å². The van der Waals surface area contributed by atoms with Crippen LogP contribution in [0.2, 0.25) is 0 Å². The molecule has 0 spiro atoms. The van der Waals surface area contributed by atoms with Gasteiger partial charge in [-0.3, -0.25) is 10.1 Å². The predicted octanol–water partition coefficient (Wildman–Crippen LogP) is 3.94. The smallest absolute Gasteiger partial charge is 0.269 e. The predicted molar refractivity (Wildman–Crippen MR) is 78.1 cm³/mol. The summed E-state index contributed by atoms with van der Waals surface area (Å²) in [5.74, 6) is 1.42. The van der Waals surface area contributed by atoms with Crippen molar-refractivity contribution in [2.45, 2.75) is 6.61 Å². The summed E-state index contributed by atoms with van der Waals surface area (Å²) in [6.07, 6.45) is 0.